The van der Waals surface area contributed by atoms with E-state index < -0.39 is 5.97 Å². The van der Waals surface area contributed by atoms with E-state index >= 15 is 0 Å². The highest BCUT2D eigenvalue weighted by atomic mass is 32.2. The summed E-state index contributed by atoms with van der Waals surface area (Å²) in [5.41, 5.74) is 0. The van der Waals surface area contributed by atoms with Gasteiger partial charge in [-0.05, 0) is 24.3 Å². The van der Waals surface area contributed by atoms with Crippen molar-refractivity contribution in [2.24, 2.45) is 0 Å². The molecule has 1 aliphatic carbocycles. The number of carboxylic acids is 1. The minimum atomic E-state index is -0.831. The van der Waals surface area contributed by atoms with Crippen molar-refractivity contribution in [2.45, 2.75) is 24.0 Å². The molecule has 0 aliphatic heterocycles. The Hall–Kier alpha value is -1.34. The fourth-order valence-corrected chi connectivity index (χ4v) is 3.17. The van der Waals surface area contributed by atoms with Gasteiger partial charge in [0.05, 0.1) is 10.6 Å². The fourth-order valence-electron chi connectivity index (χ4n) is 1.74. The first-order valence-electron chi connectivity index (χ1n) is 5.59. The van der Waals surface area contributed by atoms with Gasteiger partial charge < -0.3 is 5.11 Å². The normalized spacial score (nSPS) is 14.9. The minimum absolute atomic E-state index is 0.0231. The standard InChI is InChI=1S/C11H11N3O2S2/c15-9(16)6-18-11-13-12-10(8-2-1-5-17-8)14(11)7-3-4-7/h1-2,5,7H,3-4,6H2,(H,15,16). The average Bonchev–Trinajstić information content (AvgIpc) is 2.90. The smallest absolute Gasteiger partial charge is 0.313 e. The number of aliphatic carboxylic acids is 1. The lowest BCUT2D eigenvalue weighted by Gasteiger charge is -2.06. The molecule has 0 bridgehead atoms. The fraction of sp³-hybridized carbons (Fsp3) is 0.364. The summed E-state index contributed by atoms with van der Waals surface area (Å²) in [6, 6.07) is 4.43. The van der Waals surface area contributed by atoms with Crippen molar-refractivity contribution in [1.82, 2.24) is 14.8 Å². The monoisotopic (exact) mass is 281 g/mol. The van der Waals surface area contributed by atoms with Crippen LogP contribution < -0.4 is 0 Å². The lowest BCUT2D eigenvalue weighted by Crippen LogP contribution is -2.02. The molecule has 0 unspecified atom stereocenters. The number of hydrogen-bond acceptors (Lipinski definition) is 5. The molecule has 0 atom stereocenters. The summed E-state index contributed by atoms with van der Waals surface area (Å²) in [5.74, 6) is 0.0540. The van der Waals surface area contributed by atoms with E-state index in [0.29, 0.717) is 11.2 Å². The van der Waals surface area contributed by atoms with Crippen molar-refractivity contribution >= 4 is 29.1 Å². The van der Waals surface area contributed by atoms with Crippen LogP contribution in [0.25, 0.3) is 10.7 Å². The molecule has 1 fully saturated rings. The molecular formula is C11H11N3O2S2. The summed E-state index contributed by atoms with van der Waals surface area (Å²) in [6.45, 7) is 0. The zero-order valence-corrected chi connectivity index (χ0v) is 11.1. The Balaban J connectivity index is 1.93. The first kappa shape index (κ1) is 11.7. The van der Waals surface area contributed by atoms with Crippen LogP contribution in [0, 0.1) is 0 Å². The van der Waals surface area contributed by atoms with Gasteiger partial charge in [-0.2, -0.15) is 0 Å². The molecule has 0 spiro atoms. The molecule has 2 aromatic heterocycles. The highest BCUT2D eigenvalue weighted by Crippen LogP contribution is 2.41. The lowest BCUT2D eigenvalue weighted by atomic mass is 10.4. The van der Waals surface area contributed by atoms with Crippen LogP contribution in [0.2, 0.25) is 0 Å². The maximum absolute atomic E-state index is 10.6. The van der Waals surface area contributed by atoms with Crippen molar-refractivity contribution in [3.05, 3.63) is 17.5 Å². The largest absolute Gasteiger partial charge is 0.481 e. The quantitative estimate of drug-likeness (QED) is 0.853. The van der Waals surface area contributed by atoms with Crippen LogP contribution in [-0.2, 0) is 4.79 Å². The van der Waals surface area contributed by atoms with Gasteiger partial charge in [0, 0.05) is 6.04 Å². The molecule has 0 saturated heterocycles. The molecule has 18 heavy (non-hydrogen) atoms. The van der Waals surface area contributed by atoms with Crippen molar-refractivity contribution in [2.75, 3.05) is 5.75 Å². The molecule has 94 valence electrons. The second-order valence-electron chi connectivity index (χ2n) is 4.07. The summed E-state index contributed by atoms with van der Waals surface area (Å²) >= 11 is 2.86. The number of nitrogens with zero attached hydrogens (tertiary/aromatic N) is 3. The maximum atomic E-state index is 10.6. The molecule has 0 amide bonds. The lowest BCUT2D eigenvalue weighted by molar-refractivity contribution is -0.133. The Labute approximate surface area is 112 Å². The van der Waals surface area contributed by atoms with E-state index in [9.17, 15) is 4.79 Å². The van der Waals surface area contributed by atoms with Gasteiger partial charge in [-0.25, -0.2) is 0 Å². The third-order valence-electron chi connectivity index (χ3n) is 2.64. The molecule has 0 radical (unpaired) electrons. The van der Waals surface area contributed by atoms with Gasteiger partial charge in [0.1, 0.15) is 0 Å². The van der Waals surface area contributed by atoms with Crippen molar-refractivity contribution in [3.63, 3.8) is 0 Å². The van der Waals surface area contributed by atoms with Gasteiger partial charge in [0.15, 0.2) is 11.0 Å². The van der Waals surface area contributed by atoms with E-state index in [0.717, 1.165) is 23.5 Å². The maximum Gasteiger partial charge on any atom is 0.313 e. The van der Waals surface area contributed by atoms with Crippen LogP contribution in [0.3, 0.4) is 0 Å². The van der Waals surface area contributed by atoms with E-state index in [1.165, 1.54) is 11.8 Å². The highest BCUT2D eigenvalue weighted by Gasteiger charge is 2.30. The van der Waals surface area contributed by atoms with Crippen LogP contribution in [0.5, 0.6) is 0 Å². The summed E-state index contributed by atoms with van der Waals surface area (Å²) in [7, 11) is 0. The molecule has 3 rings (SSSR count). The van der Waals surface area contributed by atoms with Crippen molar-refractivity contribution in [3.8, 4) is 10.7 Å². The number of rotatable bonds is 5. The van der Waals surface area contributed by atoms with E-state index in [4.69, 9.17) is 5.11 Å². The van der Waals surface area contributed by atoms with Crippen LogP contribution in [0.15, 0.2) is 22.7 Å². The van der Waals surface area contributed by atoms with Crippen LogP contribution >= 0.6 is 23.1 Å². The zero-order chi connectivity index (χ0) is 12.5. The van der Waals surface area contributed by atoms with Gasteiger partial charge >= 0.3 is 5.97 Å². The Morgan fingerprint density at radius 3 is 3.00 bits per heavy atom. The number of hydrogen-bond donors (Lipinski definition) is 1. The molecule has 7 heteroatoms. The zero-order valence-electron chi connectivity index (χ0n) is 9.44. The topological polar surface area (TPSA) is 68.0 Å². The molecule has 2 heterocycles. The third-order valence-corrected chi connectivity index (χ3v) is 4.44. The Kier molecular flexibility index (Phi) is 3.09. The van der Waals surface area contributed by atoms with E-state index in [-0.39, 0.29) is 5.75 Å². The number of thiophene rings is 1. The molecule has 2 aromatic rings. The van der Waals surface area contributed by atoms with Gasteiger partial charge in [-0.1, -0.05) is 17.8 Å². The first-order valence-corrected chi connectivity index (χ1v) is 7.45. The van der Waals surface area contributed by atoms with Gasteiger partial charge in [0.2, 0.25) is 0 Å². The Morgan fingerprint density at radius 1 is 1.56 bits per heavy atom. The summed E-state index contributed by atoms with van der Waals surface area (Å²) in [5, 5.41) is 19.8. The van der Waals surface area contributed by atoms with Crippen molar-refractivity contribution < 1.29 is 9.90 Å². The first-order chi connectivity index (χ1) is 8.75. The summed E-state index contributed by atoms with van der Waals surface area (Å²) in [4.78, 5) is 11.7. The molecule has 1 aliphatic rings. The predicted molar refractivity (Wildman–Crippen MR) is 70.0 cm³/mol. The van der Waals surface area contributed by atoms with E-state index in [2.05, 4.69) is 14.8 Å². The molecule has 5 nitrogen and oxygen atoms in total. The number of thioether (sulfide) groups is 1. The summed E-state index contributed by atoms with van der Waals surface area (Å²) in [6.07, 6.45) is 2.24. The van der Waals surface area contributed by atoms with Gasteiger partial charge in [0.25, 0.3) is 0 Å². The Morgan fingerprint density at radius 2 is 2.39 bits per heavy atom. The minimum Gasteiger partial charge on any atom is -0.481 e. The highest BCUT2D eigenvalue weighted by molar-refractivity contribution is 7.99. The van der Waals surface area contributed by atoms with E-state index in [1.54, 1.807) is 11.3 Å². The second kappa shape index (κ2) is 4.74. The van der Waals surface area contributed by atoms with Gasteiger partial charge in [-0.15, -0.1) is 21.5 Å². The molecule has 0 aromatic carbocycles. The SMILES string of the molecule is O=C(O)CSc1nnc(-c2cccs2)n1C1CC1. The second-order valence-corrected chi connectivity index (χ2v) is 5.96. The molecule has 1 N–H and O–H groups in total. The number of aromatic nitrogens is 3. The average molecular weight is 281 g/mol. The number of carboxylic acid groups (broad SMARTS) is 1. The summed E-state index contributed by atoms with van der Waals surface area (Å²) < 4.78 is 2.08. The van der Waals surface area contributed by atoms with Crippen LogP contribution in [0.4, 0.5) is 0 Å². The number of carbonyl (C=O) groups is 1. The van der Waals surface area contributed by atoms with Crippen molar-refractivity contribution in [1.29, 1.82) is 0 Å². The predicted octanol–water partition coefficient (Wildman–Crippen LogP) is 2.52. The van der Waals surface area contributed by atoms with Crippen LogP contribution in [0.1, 0.15) is 18.9 Å². The Bertz CT molecular complexity index is 561. The van der Waals surface area contributed by atoms with Gasteiger partial charge in [-0.3, -0.25) is 9.36 Å². The molecular weight excluding hydrogens is 270 g/mol. The van der Waals surface area contributed by atoms with E-state index in [1.807, 2.05) is 17.5 Å². The third kappa shape index (κ3) is 2.28. The molecule has 1 saturated carbocycles. The van der Waals surface area contributed by atoms with Crippen LogP contribution in [-0.4, -0.2) is 31.6 Å².